The maximum Gasteiger partial charge on any atom is 0.224 e. The quantitative estimate of drug-likeness (QED) is 0.817. The predicted molar refractivity (Wildman–Crippen MR) is 68.3 cm³/mol. The number of hydrogen-bond donors (Lipinski definition) is 2. The second kappa shape index (κ2) is 4.41. The van der Waals surface area contributed by atoms with E-state index in [0.29, 0.717) is 11.6 Å². The lowest BCUT2D eigenvalue weighted by molar-refractivity contribution is 0.161. The Kier molecular flexibility index (Phi) is 2.75. The summed E-state index contributed by atoms with van der Waals surface area (Å²) in [6.07, 6.45) is 2.85. The molecule has 7 heteroatoms. The van der Waals surface area contributed by atoms with Gasteiger partial charge in [0, 0.05) is 26.1 Å². The molecule has 0 bridgehead atoms. The van der Waals surface area contributed by atoms with E-state index in [1.807, 2.05) is 0 Å². The van der Waals surface area contributed by atoms with Crippen molar-refractivity contribution < 1.29 is 4.74 Å². The number of aromatic amines is 1. The number of nitrogens with two attached hydrogens (primary N) is 1. The summed E-state index contributed by atoms with van der Waals surface area (Å²) in [6, 6.07) is 0. The first kappa shape index (κ1) is 11.2. The molecule has 0 saturated carbocycles. The summed E-state index contributed by atoms with van der Waals surface area (Å²) >= 11 is 0. The maximum absolute atomic E-state index is 5.72. The van der Waals surface area contributed by atoms with E-state index < -0.39 is 0 Å². The Hall–Kier alpha value is -1.89. The minimum atomic E-state index is 0.275. The molecule has 3 N–H and O–H groups in total. The van der Waals surface area contributed by atoms with Gasteiger partial charge in [-0.3, -0.25) is 5.10 Å². The third-order valence-corrected chi connectivity index (χ3v) is 3.29. The predicted octanol–water partition coefficient (Wildman–Crippen LogP) is 0.408. The summed E-state index contributed by atoms with van der Waals surface area (Å²) < 4.78 is 5.20. The standard InChI is InChI=1S/C11H16N6O/c1-18-6-7-2-3-17(5-7)10-8-4-13-16-9(8)14-11(12)15-10/h4,7H,2-3,5-6H2,1H3,(H3,12,13,14,15,16). The van der Waals surface area contributed by atoms with Crippen LogP contribution in [0.3, 0.4) is 0 Å². The lowest BCUT2D eigenvalue weighted by atomic mass is 10.1. The van der Waals surface area contributed by atoms with Crippen LogP contribution in [0.2, 0.25) is 0 Å². The zero-order valence-corrected chi connectivity index (χ0v) is 10.3. The van der Waals surface area contributed by atoms with Crippen molar-refractivity contribution in [1.29, 1.82) is 0 Å². The molecule has 0 aliphatic carbocycles. The molecule has 0 aromatic carbocycles. The van der Waals surface area contributed by atoms with Crippen molar-refractivity contribution in [3.8, 4) is 0 Å². The molecule has 2 aromatic heterocycles. The van der Waals surface area contributed by atoms with Gasteiger partial charge in [0.1, 0.15) is 5.82 Å². The molecule has 1 aliphatic rings. The van der Waals surface area contributed by atoms with Gasteiger partial charge in [-0.05, 0) is 6.42 Å². The monoisotopic (exact) mass is 248 g/mol. The molecule has 7 nitrogen and oxygen atoms in total. The number of anilines is 2. The van der Waals surface area contributed by atoms with Gasteiger partial charge in [0.15, 0.2) is 5.65 Å². The average Bonchev–Trinajstić information content (AvgIpc) is 2.96. The van der Waals surface area contributed by atoms with Gasteiger partial charge in [-0.15, -0.1) is 0 Å². The van der Waals surface area contributed by atoms with Crippen LogP contribution in [-0.4, -0.2) is 47.0 Å². The number of rotatable bonds is 3. The van der Waals surface area contributed by atoms with Crippen LogP contribution < -0.4 is 10.6 Å². The molecule has 1 aliphatic heterocycles. The van der Waals surface area contributed by atoms with Crippen LogP contribution in [0.5, 0.6) is 0 Å². The summed E-state index contributed by atoms with van der Waals surface area (Å²) in [4.78, 5) is 10.7. The van der Waals surface area contributed by atoms with Crippen molar-refractivity contribution in [3.05, 3.63) is 6.20 Å². The summed E-state index contributed by atoms with van der Waals surface area (Å²) in [7, 11) is 1.74. The Morgan fingerprint density at radius 2 is 2.44 bits per heavy atom. The van der Waals surface area contributed by atoms with Crippen molar-refractivity contribution in [2.45, 2.75) is 6.42 Å². The normalized spacial score (nSPS) is 19.8. The molecule has 2 aromatic rings. The fraction of sp³-hybridized carbons (Fsp3) is 0.545. The summed E-state index contributed by atoms with van der Waals surface area (Å²) in [5.41, 5.74) is 6.41. The Labute approximate surface area is 104 Å². The number of methoxy groups -OCH3 is 1. The highest BCUT2D eigenvalue weighted by molar-refractivity contribution is 5.87. The molecule has 1 atom stereocenters. The maximum atomic E-state index is 5.72. The first-order chi connectivity index (χ1) is 8.78. The average molecular weight is 248 g/mol. The number of aromatic nitrogens is 4. The van der Waals surface area contributed by atoms with E-state index in [9.17, 15) is 0 Å². The number of hydrogen-bond acceptors (Lipinski definition) is 6. The summed E-state index contributed by atoms with van der Waals surface area (Å²) in [5, 5.41) is 7.74. The third kappa shape index (κ3) is 1.86. The Bertz CT molecular complexity index is 553. The summed E-state index contributed by atoms with van der Waals surface area (Å²) in [5.74, 6) is 1.69. The number of nitrogens with zero attached hydrogens (tertiary/aromatic N) is 4. The van der Waals surface area contributed by atoms with Crippen LogP contribution in [0.25, 0.3) is 11.0 Å². The van der Waals surface area contributed by atoms with Gasteiger partial charge in [0.2, 0.25) is 5.95 Å². The number of nitrogens with one attached hydrogen (secondary N) is 1. The molecule has 1 saturated heterocycles. The minimum Gasteiger partial charge on any atom is -0.384 e. The molecule has 96 valence electrons. The molecule has 3 heterocycles. The van der Waals surface area contributed by atoms with Crippen LogP contribution in [0.4, 0.5) is 11.8 Å². The molecule has 0 radical (unpaired) electrons. The fourth-order valence-electron chi connectivity index (χ4n) is 2.47. The van der Waals surface area contributed by atoms with E-state index >= 15 is 0 Å². The molecular weight excluding hydrogens is 232 g/mol. The minimum absolute atomic E-state index is 0.275. The second-order valence-corrected chi connectivity index (χ2v) is 4.59. The zero-order valence-electron chi connectivity index (χ0n) is 10.3. The van der Waals surface area contributed by atoms with E-state index in [1.165, 1.54) is 0 Å². The Morgan fingerprint density at radius 3 is 3.28 bits per heavy atom. The highest BCUT2D eigenvalue weighted by Crippen LogP contribution is 2.28. The van der Waals surface area contributed by atoms with E-state index in [4.69, 9.17) is 10.5 Å². The van der Waals surface area contributed by atoms with Gasteiger partial charge >= 0.3 is 0 Å². The van der Waals surface area contributed by atoms with Gasteiger partial charge in [-0.1, -0.05) is 0 Å². The topological polar surface area (TPSA) is 93.0 Å². The van der Waals surface area contributed by atoms with Gasteiger partial charge in [-0.25, -0.2) is 0 Å². The van der Waals surface area contributed by atoms with Crippen LogP contribution in [0.15, 0.2) is 6.20 Å². The first-order valence-electron chi connectivity index (χ1n) is 5.98. The lowest BCUT2D eigenvalue weighted by Gasteiger charge is -2.18. The van der Waals surface area contributed by atoms with Crippen LogP contribution in [0.1, 0.15) is 6.42 Å². The third-order valence-electron chi connectivity index (χ3n) is 3.29. The highest BCUT2D eigenvalue weighted by atomic mass is 16.5. The first-order valence-corrected chi connectivity index (χ1v) is 5.98. The fourth-order valence-corrected chi connectivity index (χ4v) is 2.47. The van der Waals surface area contributed by atoms with E-state index in [2.05, 4.69) is 25.1 Å². The second-order valence-electron chi connectivity index (χ2n) is 4.59. The SMILES string of the molecule is COCC1CCN(c2nc(N)nc3[nH]ncc23)C1. The molecular formula is C11H16N6O. The number of fused-ring (bicyclic) bond motifs is 1. The number of nitrogen functional groups attached to an aromatic ring is 1. The van der Waals surface area contributed by atoms with Crippen molar-refractivity contribution in [2.24, 2.45) is 5.92 Å². The van der Waals surface area contributed by atoms with Crippen molar-refractivity contribution in [3.63, 3.8) is 0 Å². The van der Waals surface area contributed by atoms with Crippen LogP contribution >= 0.6 is 0 Å². The zero-order chi connectivity index (χ0) is 12.5. The molecule has 1 fully saturated rings. The van der Waals surface area contributed by atoms with Gasteiger partial charge in [-0.2, -0.15) is 15.1 Å². The van der Waals surface area contributed by atoms with Crippen LogP contribution in [-0.2, 0) is 4.74 Å². The van der Waals surface area contributed by atoms with Gasteiger partial charge < -0.3 is 15.4 Å². The van der Waals surface area contributed by atoms with E-state index in [0.717, 1.165) is 37.3 Å². The van der Waals surface area contributed by atoms with Gasteiger partial charge in [0.05, 0.1) is 18.2 Å². The molecule has 1 unspecified atom stereocenters. The Morgan fingerprint density at radius 1 is 1.56 bits per heavy atom. The van der Waals surface area contributed by atoms with Crippen molar-refractivity contribution in [1.82, 2.24) is 20.2 Å². The number of ether oxygens (including phenoxy) is 1. The highest BCUT2D eigenvalue weighted by Gasteiger charge is 2.25. The van der Waals surface area contributed by atoms with Crippen molar-refractivity contribution >= 4 is 22.8 Å². The Balaban J connectivity index is 1.92. The van der Waals surface area contributed by atoms with E-state index in [-0.39, 0.29) is 5.95 Å². The van der Waals surface area contributed by atoms with Crippen molar-refractivity contribution in [2.75, 3.05) is 37.4 Å². The molecule has 0 spiro atoms. The number of H-pyrrole nitrogens is 1. The van der Waals surface area contributed by atoms with Gasteiger partial charge in [0.25, 0.3) is 0 Å². The summed E-state index contributed by atoms with van der Waals surface area (Å²) in [6.45, 7) is 2.68. The largest absolute Gasteiger partial charge is 0.384 e. The smallest absolute Gasteiger partial charge is 0.224 e. The molecule has 3 rings (SSSR count). The lowest BCUT2D eigenvalue weighted by Crippen LogP contribution is -2.22. The van der Waals surface area contributed by atoms with E-state index in [1.54, 1.807) is 13.3 Å². The molecule has 0 amide bonds. The van der Waals surface area contributed by atoms with Crippen LogP contribution in [0, 0.1) is 5.92 Å². The molecule has 18 heavy (non-hydrogen) atoms.